The summed E-state index contributed by atoms with van der Waals surface area (Å²) in [5.74, 6) is 1.78. The molecule has 0 aliphatic carbocycles. The number of aromatic nitrogens is 1. The molecule has 3 aromatic rings. The van der Waals surface area contributed by atoms with Crippen LogP contribution in [-0.2, 0) is 17.7 Å². The summed E-state index contributed by atoms with van der Waals surface area (Å²) in [6.07, 6.45) is 0.549. The average Bonchev–Trinajstić information content (AvgIpc) is 3.02. The van der Waals surface area contributed by atoms with Gasteiger partial charge in [-0.05, 0) is 50.8 Å². The van der Waals surface area contributed by atoms with E-state index in [1.807, 2.05) is 20.8 Å². The molecule has 4 heterocycles. The lowest BCUT2D eigenvalue weighted by Gasteiger charge is -2.41. The van der Waals surface area contributed by atoms with Gasteiger partial charge in [-0.1, -0.05) is 43.3 Å². The number of anilines is 3. The molecule has 43 heavy (non-hydrogen) atoms. The zero-order valence-electron chi connectivity index (χ0n) is 26.0. The maximum atomic E-state index is 12.8. The van der Waals surface area contributed by atoms with Crippen molar-refractivity contribution >= 4 is 34.2 Å². The van der Waals surface area contributed by atoms with E-state index >= 15 is 0 Å². The van der Waals surface area contributed by atoms with Crippen molar-refractivity contribution in [1.29, 1.82) is 5.26 Å². The Hall–Kier alpha value is -4.03. The number of nitriles is 1. The van der Waals surface area contributed by atoms with Crippen LogP contribution >= 0.6 is 0 Å². The second-order valence-electron chi connectivity index (χ2n) is 12.7. The van der Waals surface area contributed by atoms with E-state index < -0.39 is 5.60 Å². The molecule has 3 aliphatic heterocycles. The van der Waals surface area contributed by atoms with Crippen LogP contribution in [0, 0.1) is 11.3 Å². The first kappa shape index (κ1) is 29.1. The van der Waals surface area contributed by atoms with Crippen LogP contribution in [-0.4, -0.2) is 91.9 Å². The van der Waals surface area contributed by atoms with Crippen molar-refractivity contribution in [3.8, 4) is 6.07 Å². The lowest BCUT2D eigenvalue weighted by Crippen LogP contribution is -2.51. The molecule has 6 rings (SSSR count). The minimum atomic E-state index is -0.519. The molecule has 0 spiro atoms. The maximum absolute atomic E-state index is 12.8. The topological polar surface area (TPSA) is 79.2 Å². The monoisotopic (exact) mass is 581 g/mol. The maximum Gasteiger partial charge on any atom is 0.410 e. The highest BCUT2D eigenvalue weighted by molar-refractivity contribution is 5.94. The van der Waals surface area contributed by atoms with E-state index in [0.717, 1.165) is 62.9 Å². The second kappa shape index (κ2) is 11.9. The van der Waals surface area contributed by atoms with Crippen LogP contribution in [0.3, 0.4) is 0 Å². The largest absolute Gasteiger partial charge is 0.444 e. The van der Waals surface area contributed by atoms with Gasteiger partial charge in [-0.3, -0.25) is 0 Å². The zero-order chi connectivity index (χ0) is 30.1. The van der Waals surface area contributed by atoms with Crippen molar-refractivity contribution in [2.24, 2.45) is 0 Å². The summed E-state index contributed by atoms with van der Waals surface area (Å²) < 4.78 is 5.64. The summed E-state index contributed by atoms with van der Waals surface area (Å²) in [4.78, 5) is 29.3. The summed E-state index contributed by atoms with van der Waals surface area (Å²) in [5, 5.41) is 13.1. The van der Waals surface area contributed by atoms with Crippen LogP contribution in [0.25, 0.3) is 10.8 Å². The number of rotatable bonds is 4. The van der Waals surface area contributed by atoms with E-state index in [9.17, 15) is 10.1 Å². The molecule has 0 saturated carbocycles. The van der Waals surface area contributed by atoms with Gasteiger partial charge >= 0.3 is 6.09 Å². The number of carbonyl (C=O) groups is 1. The van der Waals surface area contributed by atoms with Crippen molar-refractivity contribution in [1.82, 2.24) is 14.8 Å². The van der Waals surface area contributed by atoms with E-state index in [4.69, 9.17) is 9.72 Å². The molecule has 0 unspecified atom stereocenters. The molecule has 0 radical (unpaired) electrons. The second-order valence-corrected chi connectivity index (χ2v) is 12.7. The van der Waals surface area contributed by atoms with Gasteiger partial charge in [0, 0.05) is 82.1 Å². The molecular formula is C34H43N7O2. The normalized spacial score (nSPS) is 18.0. The highest BCUT2D eigenvalue weighted by atomic mass is 16.6. The van der Waals surface area contributed by atoms with Crippen LogP contribution in [0.1, 0.15) is 44.4 Å². The smallest absolute Gasteiger partial charge is 0.410 e. The Balaban J connectivity index is 1.35. The van der Waals surface area contributed by atoms with Gasteiger partial charge in [-0.15, -0.1) is 0 Å². The molecule has 2 aromatic carbocycles. The molecule has 0 bridgehead atoms. The van der Waals surface area contributed by atoms with Crippen LogP contribution in [0.2, 0.25) is 0 Å². The third-order valence-corrected chi connectivity index (χ3v) is 8.92. The van der Waals surface area contributed by atoms with Gasteiger partial charge in [-0.2, -0.15) is 5.26 Å². The van der Waals surface area contributed by atoms with E-state index in [1.54, 1.807) is 4.90 Å². The number of benzene rings is 2. The summed E-state index contributed by atoms with van der Waals surface area (Å²) >= 11 is 0. The first-order valence-corrected chi connectivity index (χ1v) is 15.6. The molecule has 1 amide bonds. The quantitative estimate of drug-likeness (QED) is 0.432. The lowest BCUT2D eigenvalue weighted by atomic mass is 9.94. The van der Waals surface area contributed by atoms with Gasteiger partial charge in [-0.25, -0.2) is 9.78 Å². The Kier molecular flexibility index (Phi) is 8.06. The summed E-state index contributed by atoms with van der Waals surface area (Å²) in [6.45, 7) is 16.6. The Morgan fingerprint density at radius 1 is 0.860 bits per heavy atom. The SMILES string of the molecule is CCN1CCN(c2nc(N3CCN(C(=O)OC(C)(C)C)CC3)c3c(c2C#N)CN(c2cccc4ccccc24)CC3)CC1. The van der Waals surface area contributed by atoms with Crippen molar-refractivity contribution in [2.75, 3.05) is 80.1 Å². The summed E-state index contributed by atoms with van der Waals surface area (Å²) in [6, 6.07) is 17.6. The van der Waals surface area contributed by atoms with Crippen LogP contribution in [0.15, 0.2) is 42.5 Å². The Labute approximate surface area is 255 Å². The third-order valence-electron chi connectivity index (χ3n) is 8.92. The predicted octanol–water partition coefficient (Wildman–Crippen LogP) is 4.87. The van der Waals surface area contributed by atoms with Gasteiger partial charge in [0.25, 0.3) is 0 Å². The Bertz CT molecular complexity index is 1520. The summed E-state index contributed by atoms with van der Waals surface area (Å²) in [7, 11) is 0. The van der Waals surface area contributed by atoms with Crippen LogP contribution in [0.5, 0.6) is 0 Å². The van der Waals surface area contributed by atoms with Crippen molar-refractivity contribution in [3.05, 3.63) is 59.2 Å². The number of likely N-dealkylation sites (N-methyl/N-ethyl adjacent to an activating group) is 1. The fourth-order valence-electron chi connectivity index (χ4n) is 6.60. The molecule has 1 aromatic heterocycles. The number of nitrogens with zero attached hydrogens (tertiary/aromatic N) is 7. The van der Waals surface area contributed by atoms with Gasteiger partial charge in [0.15, 0.2) is 0 Å². The highest BCUT2D eigenvalue weighted by Gasteiger charge is 2.33. The fourth-order valence-corrected chi connectivity index (χ4v) is 6.60. The third kappa shape index (κ3) is 5.94. The number of ether oxygens (including phenoxy) is 1. The number of carbonyl (C=O) groups excluding carboxylic acids is 1. The molecule has 2 saturated heterocycles. The predicted molar refractivity (Wildman–Crippen MR) is 172 cm³/mol. The van der Waals surface area contributed by atoms with Crippen molar-refractivity contribution in [2.45, 2.75) is 46.3 Å². The molecule has 0 atom stereocenters. The van der Waals surface area contributed by atoms with E-state index in [2.05, 4.69) is 75.1 Å². The van der Waals surface area contributed by atoms with Gasteiger partial charge in [0.1, 0.15) is 23.3 Å². The Morgan fingerprint density at radius 3 is 2.23 bits per heavy atom. The molecule has 3 aliphatic rings. The van der Waals surface area contributed by atoms with Gasteiger partial charge in [0.05, 0.1) is 5.56 Å². The molecule has 0 N–H and O–H groups in total. The highest BCUT2D eigenvalue weighted by Crippen LogP contribution is 2.38. The summed E-state index contributed by atoms with van der Waals surface area (Å²) in [5.41, 5.74) is 3.66. The van der Waals surface area contributed by atoms with Crippen molar-refractivity contribution < 1.29 is 9.53 Å². The minimum Gasteiger partial charge on any atom is -0.444 e. The molecule has 9 heteroatoms. The molecule has 226 valence electrons. The first-order valence-electron chi connectivity index (χ1n) is 15.6. The molecule has 2 fully saturated rings. The van der Waals surface area contributed by atoms with E-state index in [-0.39, 0.29) is 6.09 Å². The molecule has 9 nitrogen and oxygen atoms in total. The Morgan fingerprint density at radius 2 is 1.53 bits per heavy atom. The number of amides is 1. The van der Waals surface area contributed by atoms with Gasteiger partial charge < -0.3 is 29.2 Å². The first-order chi connectivity index (χ1) is 20.8. The molecular weight excluding hydrogens is 538 g/mol. The number of pyridine rings is 1. The number of hydrogen-bond donors (Lipinski definition) is 0. The van der Waals surface area contributed by atoms with E-state index in [0.29, 0.717) is 38.3 Å². The van der Waals surface area contributed by atoms with E-state index in [1.165, 1.54) is 22.0 Å². The van der Waals surface area contributed by atoms with Crippen LogP contribution < -0.4 is 14.7 Å². The average molecular weight is 582 g/mol. The fraction of sp³-hybridized carbons (Fsp3) is 0.500. The standard InChI is InChI=1S/C34H43N7O2/c1-5-37-15-17-38(18-16-37)32-28(23-35)29-24-41(30-12-8-10-25-9-6-7-11-26(25)30)14-13-27(29)31(36-32)39-19-21-40(22-20-39)33(42)43-34(2,3)4/h6-12H,5,13-22,24H2,1-4H3. The zero-order valence-corrected chi connectivity index (χ0v) is 26.0. The van der Waals surface area contributed by atoms with Gasteiger partial charge in [0.2, 0.25) is 0 Å². The lowest BCUT2D eigenvalue weighted by molar-refractivity contribution is 0.0240. The number of piperazine rings is 2. The van der Waals surface area contributed by atoms with Crippen molar-refractivity contribution in [3.63, 3.8) is 0 Å². The number of fused-ring (bicyclic) bond motifs is 2. The van der Waals surface area contributed by atoms with Crippen LogP contribution in [0.4, 0.5) is 22.1 Å². The number of hydrogen-bond acceptors (Lipinski definition) is 8. The minimum absolute atomic E-state index is 0.262.